The van der Waals surface area contributed by atoms with E-state index in [2.05, 4.69) is 29.6 Å². The molecule has 2 aromatic carbocycles. The number of hydrogen-bond donors (Lipinski definition) is 3. The van der Waals surface area contributed by atoms with Gasteiger partial charge in [-0.3, -0.25) is 0 Å². The van der Waals surface area contributed by atoms with E-state index in [0.717, 1.165) is 0 Å². The van der Waals surface area contributed by atoms with Crippen molar-refractivity contribution in [1.82, 2.24) is 5.32 Å². The maximum Gasteiger partial charge on any atom is 0.490 e. The largest absolute Gasteiger partial charge is 0.490 e. The Hall–Kier alpha value is -3.07. The predicted octanol–water partition coefficient (Wildman–Crippen LogP) is 3.12. The quantitative estimate of drug-likeness (QED) is 0.737. The van der Waals surface area contributed by atoms with Crippen molar-refractivity contribution in [3.05, 3.63) is 59.7 Å². The number of carboxylic acid groups (broad SMARTS) is 1. The van der Waals surface area contributed by atoms with Gasteiger partial charge in [-0.15, -0.1) is 0 Å². The lowest BCUT2D eigenvalue weighted by Crippen LogP contribution is -2.30. The second-order valence-corrected chi connectivity index (χ2v) is 5.84. The molecule has 0 atom stereocenters. The number of carbonyl (C=O) groups is 2. The summed E-state index contributed by atoms with van der Waals surface area (Å²) in [7, 11) is 0. The Kier molecular flexibility index (Phi) is 7.00. The molecule has 0 fully saturated rings. The number of fused-ring (bicyclic) bond motifs is 3. The van der Waals surface area contributed by atoms with Crippen LogP contribution in [-0.4, -0.2) is 43.0 Å². The molecule has 0 saturated carbocycles. The van der Waals surface area contributed by atoms with E-state index in [4.69, 9.17) is 20.4 Å². The molecule has 2 aromatic rings. The van der Waals surface area contributed by atoms with Gasteiger partial charge in [0.25, 0.3) is 0 Å². The Labute approximate surface area is 159 Å². The van der Waals surface area contributed by atoms with E-state index in [-0.39, 0.29) is 5.92 Å². The fourth-order valence-corrected chi connectivity index (χ4v) is 2.82. The minimum atomic E-state index is -5.08. The maximum absolute atomic E-state index is 11.6. The lowest BCUT2D eigenvalue weighted by molar-refractivity contribution is -0.192. The highest BCUT2D eigenvalue weighted by atomic mass is 19.4. The van der Waals surface area contributed by atoms with Gasteiger partial charge >= 0.3 is 18.2 Å². The zero-order chi connectivity index (χ0) is 20.7. The van der Waals surface area contributed by atoms with Gasteiger partial charge in [-0.2, -0.15) is 13.2 Å². The second kappa shape index (κ2) is 9.23. The van der Waals surface area contributed by atoms with Crippen LogP contribution in [0.2, 0.25) is 0 Å². The molecular formula is C19H19F3N2O4. The number of hydrogen-bond acceptors (Lipinski definition) is 4. The number of nitrogens with one attached hydrogen (secondary N) is 1. The lowest BCUT2D eigenvalue weighted by atomic mass is 9.98. The summed E-state index contributed by atoms with van der Waals surface area (Å²) >= 11 is 0. The first-order valence-electron chi connectivity index (χ1n) is 8.34. The predicted molar refractivity (Wildman–Crippen MR) is 95.8 cm³/mol. The number of amides is 1. The van der Waals surface area contributed by atoms with Crippen molar-refractivity contribution in [2.75, 3.05) is 19.7 Å². The van der Waals surface area contributed by atoms with E-state index in [9.17, 15) is 18.0 Å². The molecule has 0 spiro atoms. The molecule has 28 heavy (non-hydrogen) atoms. The summed E-state index contributed by atoms with van der Waals surface area (Å²) in [4.78, 5) is 20.5. The third kappa shape index (κ3) is 5.23. The summed E-state index contributed by atoms with van der Waals surface area (Å²) < 4.78 is 37.1. The van der Waals surface area contributed by atoms with Gasteiger partial charge in [0, 0.05) is 19.0 Å². The van der Waals surface area contributed by atoms with Crippen molar-refractivity contribution < 1.29 is 32.6 Å². The van der Waals surface area contributed by atoms with E-state index < -0.39 is 18.2 Å². The van der Waals surface area contributed by atoms with Crippen LogP contribution >= 0.6 is 0 Å². The van der Waals surface area contributed by atoms with Gasteiger partial charge in [-0.05, 0) is 22.3 Å². The fraction of sp³-hybridized carbons (Fsp3) is 0.263. The number of alkyl halides is 3. The van der Waals surface area contributed by atoms with E-state index >= 15 is 0 Å². The van der Waals surface area contributed by atoms with Crippen molar-refractivity contribution in [2.45, 2.75) is 12.1 Å². The van der Waals surface area contributed by atoms with Crippen molar-refractivity contribution in [2.24, 2.45) is 5.73 Å². The molecule has 0 radical (unpaired) electrons. The number of alkyl carbamates (subject to hydrolysis) is 1. The molecule has 0 aromatic heterocycles. The van der Waals surface area contributed by atoms with E-state index in [1.54, 1.807) is 0 Å². The summed E-state index contributed by atoms with van der Waals surface area (Å²) in [6, 6.07) is 16.5. The number of aliphatic carboxylic acids is 1. The van der Waals surface area contributed by atoms with Crippen LogP contribution in [0, 0.1) is 0 Å². The Morgan fingerprint density at radius 1 is 1.04 bits per heavy atom. The number of ether oxygens (including phenoxy) is 1. The number of nitrogens with two attached hydrogens (primary N) is 1. The number of halogens is 3. The average molecular weight is 396 g/mol. The Morgan fingerprint density at radius 2 is 1.50 bits per heavy atom. The molecule has 9 heteroatoms. The van der Waals surface area contributed by atoms with Crippen molar-refractivity contribution >= 4 is 12.1 Å². The Morgan fingerprint density at radius 3 is 1.93 bits per heavy atom. The molecular weight excluding hydrogens is 377 g/mol. The smallest absolute Gasteiger partial charge is 0.475 e. The van der Waals surface area contributed by atoms with Gasteiger partial charge in [-0.25, -0.2) is 9.59 Å². The monoisotopic (exact) mass is 396 g/mol. The van der Waals surface area contributed by atoms with E-state index in [0.29, 0.717) is 19.7 Å². The average Bonchev–Trinajstić information content (AvgIpc) is 2.98. The van der Waals surface area contributed by atoms with Crippen molar-refractivity contribution in [1.29, 1.82) is 0 Å². The van der Waals surface area contributed by atoms with Crippen LogP contribution < -0.4 is 11.1 Å². The van der Waals surface area contributed by atoms with Crippen LogP contribution in [-0.2, 0) is 9.53 Å². The summed E-state index contributed by atoms with van der Waals surface area (Å²) in [5.41, 5.74) is 10.2. The Bertz CT molecular complexity index is 794. The highest BCUT2D eigenvalue weighted by molar-refractivity contribution is 5.79. The maximum atomic E-state index is 11.6. The normalized spacial score (nSPS) is 12.3. The van der Waals surface area contributed by atoms with Crippen molar-refractivity contribution in [3.8, 4) is 11.1 Å². The van der Waals surface area contributed by atoms with Crippen LogP contribution in [0.1, 0.15) is 17.0 Å². The first-order chi connectivity index (χ1) is 13.3. The van der Waals surface area contributed by atoms with Crippen LogP contribution in [0.15, 0.2) is 48.5 Å². The minimum Gasteiger partial charge on any atom is -0.475 e. The third-order valence-corrected chi connectivity index (χ3v) is 4.00. The molecule has 150 valence electrons. The highest BCUT2D eigenvalue weighted by Crippen LogP contribution is 2.44. The van der Waals surface area contributed by atoms with Gasteiger partial charge in [0.15, 0.2) is 0 Å². The van der Waals surface area contributed by atoms with Gasteiger partial charge in [0.1, 0.15) is 6.61 Å². The first-order valence-corrected chi connectivity index (χ1v) is 8.34. The summed E-state index contributed by atoms with van der Waals surface area (Å²) in [6.07, 6.45) is -5.50. The van der Waals surface area contributed by atoms with Crippen LogP contribution in [0.3, 0.4) is 0 Å². The number of carbonyl (C=O) groups excluding carboxylic acids is 1. The summed E-state index contributed by atoms with van der Waals surface area (Å²) in [6.45, 7) is 1.17. The molecule has 3 rings (SSSR count). The molecule has 1 amide bonds. The fourth-order valence-electron chi connectivity index (χ4n) is 2.82. The topological polar surface area (TPSA) is 102 Å². The second-order valence-electron chi connectivity index (χ2n) is 5.84. The van der Waals surface area contributed by atoms with Gasteiger partial charge < -0.3 is 20.9 Å². The SMILES string of the molecule is NCCNC(=O)OCC1c2ccccc2-c2ccccc21.O=C(O)C(F)(F)F. The van der Waals surface area contributed by atoms with Crippen LogP contribution in [0.4, 0.5) is 18.0 Å². The number of carboxylic acids is 1. The Balaban J connectivity index is 0.000000345. The number of rotatable bonds is 4. The molecule has 1 aliphatic rings. The van der Waals surface area contributed by atoms with E-state index in [1.165, 1.54) is 22.3 Å². The zero-order valence-corrected chi connectivity index (χ0v) is 14.7. The van der Waals surface area contributed by atoms with Gasteiger partial charge in [-0.1, -0.05) is 48.5 Å². The van der Waals surface area contributed by atoms with Gasteiger partial charge in [0.2, 0.25) is 0 Å². The molecule has 0 heterocycles. The lowest BCUT2D eigenvalue weighted by Gasteiger charge is -2.14. The zero-order valence-electron chi connectivity index (χ0n) is 14.7. The summed E-state index contributed by atoms with van der Waals surface area (Å²) in [5, 5.41) is 9.74. The molecule has 0 unspecified atom stereocenters. The molecule has 0 aliphatic heterocycles. The van der Waals surface area contributed by atoms with Crippen LogP contribution in [0.25, 0.3) is 11.1 Å². The minimum absolute atomic E-state index is 0.0982. The van der Waals surface area contributed by atoms with Crippen molar-refractivity contribution in [3.63, 3.8) is 0 Å². The summed E-state index contributed by atoms with van der Waals surface area (Å²) in [5.74, 6) is -2.66. The molecule has 1 aliphatic carbocycles. The van der Waals surface area contributed by atoms with Gasteiger partial charge in [0.05, 0.1) is 0 Å². The molecule has 6 nitrogen and oxygen atoms in total. The van der Waals surface area contributed by atoms with E-state index in [1.807, 2.05) is 24.3 Å². The highest BCUT2D eigenvalue weighted by Gasteiger charge is 2.38. The number of benzene rings is 2. The molecule has 0 saturated heterocycles. The first kappa shape index (κ1) is 21.2. The molecule has 0 bridgehead atoms. The molecule has 4 N–H and O–H groups in total. The standard InChI is InChI=1S/C17H18N2O2.C2HF3O2/c18-9-10-19-17(20)21-11-16-14-7-3-1-5-12(14)13-6-2-4-8-15(13)16;3-2(4,5)1(6)7/h1-8,16H,9-11,18H2,(H,19,20);(H,6,7). The third-order valence-electron chi connectivity index (χ3n) is 4.00. The van der Waals surface area contributed by atoms with Crippen LogP contribution in [0.5, 0.6) is 0 Å².